The van der Waals surface area contributed by atoms with Crippen molar-refractivity contribution in [2.45, 2.75) is 13.3 Å². The van der Waals surface area contributed by atoms with Gasteiger partial charge in [0.05, 0.1) is 5.71 Å². The molecule has 1 aromatic rings. The normalized spacial score (nSPS) is 11.2. The average molecular weight is 226 g/mol. The van der Waals surface area contributed by atoms with Crippen molar-refractivity contribution in [3.8, 4) is 0 Å². The second-order valence-electron chi connectivity index (χ2n) is 2.90. The topological polar surface area (TPSA) is 67.5 Å². The van der Waals surface area contributed by atoms with Gasteiger partial charge in [-0.15, -0.1) is 0 Å². The van der Waals surface area contributed by atoms with Crippen molar-refractivity contribution in [1.29, 1.82) is 0 Å². The molecular formula is C10H12ClN3O. The minimum atomic E-state index is -0.678. The highest BCUT2D eigenvalue weighted by atomic mass is 35.5. The van der Waals surface area contributed by atoms with Crippen LogP contribution in [0.3, 0.4) is 0 Å². The lowest BCUT2D eigenvalue weighted by Gasteiger charge is -2.04. The molecule has 0 fully saturated rings. The van der Waals surface area contributed by atoms with Crippen LogP contribution in [0.15, 0.2) is 29.4 Å². The highest BCUT2D eigenvalue weighted by Gasteiger charge is 2.02. The fourth-order valence-electron chi connectivity index (χ4n) is 1.14. The lowest BCUT2D eigenvalue weighted by molar-refractivity contribution is 0.249. The predicted molar refractivity (Wildman–Crippen MR) is 61.0 cm³/mol. The molecule has 1 rings (SSSR count). The van der Waals surface area contributed by atoms with Crippen LogP contribution in [-0.4, -0.2) is 11.7 Å². The highest BCUT2D eigenvalue weighted by molar-refractivity contribution is 6.31. The maximum absolute atomic E-state index is 10.5. The number of hydrazone groups is 1. The van der Waals surface area contributed by atoms with E-state index in [1.54, 1.807) is 12.1 Å². The predicted octanol–water partition coefficient (Wildman–Crippen LogP) is 2.12. The minimum Gasteiger partial charge on any atom is -0.350 e. The second-order valence-corrected chi connectivity index (χ2v) is 3.33. The van der Waals surface area contributed by atoms with Gasteiger partial charge in [-0.3, -0.25) is 0 Å². The quantitative estimate of drug-likeness (QED) is 0.601. The van der Waals surface area contributed by atoms with E-state index in [-0.39, 0.29) is 0 Å². The molecule has 2 amide bonds. The SMILES string of the molecule is CC/C(=N\NC(N)=O)c1cccc(Cl)c1. The van der Waals surface area contributed by atoms with Crippen LogP contribution in [-0.2, 0) is 0 Å². The van der Waals surface area contributed by atoms with Crippen molar-refractivity contribution in [1.82, 2.24) is 5.43 Å². The summed E-state index contributed by atoms with van der Waals surface area (Å²) in [7, 11) is 0. The Kier molecular flexibility index (Phi) is 4.12. The molecule has 0 radical (unpaired) electrons. The zero-order valence-electron chi connectivity index (χ0n) is 8.33. The number of halogens is 1. The molecule has 0 aliphatic heterocycles. The molecule has 0 aromatic heterocycles. The van der Waals surface area contributed by atoms with Gasteiger partial charge in [0, 0.05) is 5.02 Å². The summed E-state index contributed by atoms with van der Waals surface area (Å²) < 4.78 is 0. The number of nitrogens with zero attached hydrogens (tertiary/aromatic N) is 1. The Labute approximate surface area is 93.1 Å². The van der Waals surface area contributed by atoms with Gasteiger partial charge in [-0.05, 0) is 24.1 Å². The van der Waals surface area contributed by atoms with Crippen molar-refractivity contribution in [3.05, 3.63) is 34.9 Å². The van der Waals surface area contributed by atoms with E-state index in [0.29, 0.717) is 11.4 Å². The Morgan fingerprint density at radius 3 is 2.87 bits per heavy atom. The van der Waals surface area contributed by atoms with Crippen molar-refractivity contribution >= 4 is 23.3 Å². The number of rotatable bonds is 3. The number of primary amides is 1. The molecule has 4 nitrogen and oxygen atoms in total. The standard InChI is InChI=1S/C10H12ClN3O/c1-2-9(13-14-10(12)15)7-4-3-5-8(11)6-7/h3-6H,2H2,1H3,(H3,12,14,15)/b13-9+. The first-order valence-electron chi connectivity index (χ1n) is 4.51. The van der Waals surface area contributed by atoms with Gasteiger partial charge in [-0.1, -0.05) is 30.7 Å². The first-order chi connectivity index (χ1) is 7.13. The van der Waals surface area contributed by atoms with E-state index in [0.717, 1.165) is 11.3 Å². The van der Waals surface area contributed by atoms with Crippen molar-refractivity contribution in [2.75, 3.05) is 0 Å². The Balaban J connectivity index is 2.92. The Bertz CT molecular complexity index is 390. The van der Waals surface area contributed by atoms with E-state index >= 15 is 0 Å². The van der Waals surface area contributed by atoms with Crippen LogP contribution in [0.25, 0.3) is 0 Å². The van der Waals surface area contributed by atoms with Crippen LogP contribution in [0.1, 0.15) is 18.9 Å². The molecular weight excluding hydrogens is 214 g/mol. The van der Waals surface area contributed by atoms with Gasteiger partial charge in [-0.2, -0.15) is 5.10 Å². The largest absolute Gasteiger partial charge is 0.350 e. The summed E-state index contributed by atoms with van der Waals surface area (Å²) >= 11 is 5.84. The van der Waals surface area contributed by atoms with Gasteiger partial charge in [0.2, 0.25) is 0 Å². The third-order valence-electron chi connectivity index (χ3n) is 1.79. The molecule has 15 heavy (non-hydrogen) atoms. The lowest BCUT2D eigenvalue weighted by atomic mass is 10.1. The Hall–Kier alpha value is -1.55. The van der Waals surface area contributed by atoms with Gasteiger partial charge in [0.15, 0.2) is 0 Å². The molecule has 80 valence electrons. The van der Waals surface area contributed by atoms with Gasteiger partial charge in [-0.25, -0.2) is 10.2 Å². The fourth-order valence-corrected chi connectivity index (χ4v) is 1.33. The molecule has 5 heteroatoms. The maximum Gasteiger partial charge on any atom is 0.332 e. The molecule has 0 unspecified atom stereocenters. The number of amides is 2. The third-order valence-corrected chi connectivity index (χ3v) is 2.03. The van der Waals surface area contributed by atoms with E-state index in [1.165, 1.54) is 0 Å². The van der Waals surface area contributed by atoms with Crippen molar-refractivity contribution in [2.24, 2.45) is 10.8 Å². The van der Waals surface area contributed by atoms with Crippen LogP contribution >= 0.6 is 11.6 Å². The van der Waals surface area contributed by atoms with E-state index in [9.17, 15) is 4.79 Å². The first-order valence-corrected chi connectivity index (χ1v) is 4.89. The summed E-state index contributed by atoms with van der Waals surface area (Å²) in [6, 6.07) is 6.58. The Morgan fingerprint density at radius 1 is 1.60 bits per heavy atom. The Morgan fingerprint density at radius 2 is 2.33 bits per heavy atom. The molecule has 0 bridgehead atoms. The number of hydrogen-bond acceptors (Lipinski definition) is 2. The highest BCUT2D eigenvalue weighted by Crippen LogP contribution is 2.12. The van der Waals surface area contributed by atoms with Crippen molar-refractivity contribution < 1.29 is 4.79 Å². The van der Waals surface area contributed by atoms with Gasteiger partial charge in [0.1, 0.15) is 0 Å². The van der Waals surface area contributed by atoms with Crippen LogP contribution < -0.4 is 11.2 Å². The van der Waals surface area contributed by atoms with Crippen LogP contribution in [0.4, 0.5) is 4.79 Å². The van der Waals surface area contributed by atoms with Crippen LogP contribution in [0.2, 0.25) is 5.02 Å². The molecule has 1 aromatic carbocycles. The molecule has 0 spiro atoms. The first kappa shape index (κ1) is 11.5. The smallest absolute Gasteiger partial charge is 0.332 e. The molecule has 0 heterocycles. The summed E-state index contributed by atoms with van der Waals surface area (Å²) in [4.78, 5) is 10.5. The minimum absolute atomic E-state index is 0.632. The maximum atomic E-state index is 10.5. The molecule has 0 saturated carbocycles. The van der Waals surface area contributed by atoms with Crippen LogP contribution in [0, 0.1) is 0 Å². The summed E-state index contributed by atoms with van der Waals surface area (Å²) in [5.41, 5.74) is 8.72. The molecule has 0 saturated heterocycles. The van der Waals surface area contributed by atoms with E-state index < -0.39 is 6.03 Å². The lowest BCUT2D eigenvalue weighted by Crippen LogP contribution is -2.25. The van der Waals surface area contributed by atoms with Crippen molar-refractivity contribution in [3.63, 3.8) is 0 Å². The molecule has 0 atom stereocenters. The number of benzene rings is 1. The van der Waals surface area contributed by atoms with Crippen LogP contribution in [0.5, 0.6) is 0 Å². The summed E-state index contributed by atoms with van der Waals surface area (Å²) in [6.07, 6.45) is 0.681. The van der Waals surface area contributed by atoms with E-state index in [2.05, 4.69) is 10.5 Å². The number of carbonyl (C=O) groups excluding carboxylic acids is 1. The summed E-state index contributed by atoms with van der Waals surface area (Å²) in [5, 5.41) is 4.52. The second kappa shape index (κ2) is 5.36. The monoisotopic (exact) mass is 225 g/mol. The van der Waals surface area contributed by atoms with Gasteiger partial charge >= 0.3 is 6.03 Å². The summed E-state index contributed by atoms with van der Waals surface area (Å²) in [6.45, 7) is 1.93. The fraction of sp³-hybridized carbons (Fsp3) is 0.200. The molecule has 0 aliphatic rings. The number of hydrogen-bond donors (Lipinski definition) is 2. The zero-order chi connectivity index (χ0) is 11.3. The van der Waals surface area contributed by atoms with E-state index in [1.807, 2.05) is 19.1 Å². The number of urea groups is 1. The molecule has 3 N–H and O–H groups in total. The zero-order valence-corrected chi connectivity index (χ0v) is 9.08. The van der Waals surface area contributed by atoms with Gasteiger partial charge < -0.3 is 5.73 Å². The molecule has 0 aliphatic carbocycles. The van der Waals surface area contributed by atoms with Gasteiger partial charge in [0.25, 0.3) is 0 Å². The average Bonchev–Trinajstić information content (AvgIpc) is 2.18. The van der Waals surface area contributed by atoms with E-state index in [4.69, 9.17) is 17.3 Å². The number of nitrogens with one attached hydrogen (secondary N) is 1. The third kappa shape index (κ3) is 3.59. The number of carbonyl (C=O) groups is 1. The summed E-state index contributed by atoms with van der Waals surface area (Å²) in [5.74, 6) is 0. The number of nitrogens with two attached hydrogens (primary N) is 1.